The lowest BCUT2D eigenvalue weighted by Crippen LogP contribution is -2.32. The van der Waals surface area contributed by atoms with E-state index in [4.69, 9.17) is 10.5 Å². The first-order chi connectivity index (χ1) is 10.3. The Bertz CT molecular complexity index is 795. The van der Waals surface area contributed by atoms with Gasteiger partial charge >= 0.3 is 5.97 Å². The molecule has 7 nitrogen and oxygen atoms in total. The van der Waals surface area contributed by atoms with E-state index in [2.05, 4.69) is 5.10 Å². The minimum atomic E-state index is -1.08. The molecule has 1 atom stereocenters. The quantitative estimate of drug-likeness (QED) is 0.849. The summed E-state index contributed by atoms with van der Waals surface area (Å²) in [6, 6.07) is 6.40. The second-order valence-corrected chi connectivity index (χ2v) is 5.19. The molecular formula is C15H17N3O4. The molecule has 0 aliphatic heterocycles. The van der Waals surface area contributed by atoms with Crippen LogP contribution < -0.4 is 11.3 Å². The van der Waals surface area contributed by atoms with Crippen LogP contribution in [-0.2, 0) is 9.53 Å². The van der Waals surface area contributed by atoms with Gasteiger partial charge in [0, 0.05) is 5.39 Å². The number of primary amides is 1. The van der Waals surface area contributed by atoms with E-state index in [1.54, 1.807) is 38.1 Å². The number of nitrogens with two attached hydrogens (primary N) is 1. The van der Waals surface area contributed by atoms with Crippen LogP contribution in [-0.4, -0.2) is 27.8 Å². The lowest BCUT2D eigenvalue weighted by Gasteiger charge is -2.14. The highest BCUT2D eigenvalue weighted by Gasteiger charge is 2.22. The number of amides is 1. The van der Waals surface area contributed by atoms with Gasteiger partial charge in [-0.25, -0.2) is 9.48 Å². The molecule has 1 aromatic carbocycles. The summed E-state index contributed by atoms with van der Waals surface area (Å²) in [5.41, 5.74) is 4.78. The second-order valence-electron chi connectivity index (χ2n) is 5.19. The van der Waals surface area contributed by atoms with Crippen molar-refractivity contribution in [1.29, 1.82) is 0 Å². The summed E-state index contributed by atoms with van der Waals surface area (Å²) >= 11 is 0. The van der Waals surface area contributed by atoms with Crippen LogP contribution in [0.1, 0.15) is 37.3 Å². The minimum absolute atomic E-state index is 0.0167. The molecule has 0 radical (unpaired) electrons. The van der Waals surface area contributed by atoms with Crippen LogP contribution in [0.3, 0.4) is 0 Å². The third-order valence-corrected chi connectivity index (χ3v) is 3.20. The van der Waals surface area contributed by atoms with Gasteiger partial charge in [-0.15, -0.1) is 0 Å². The van der Waals surface area contributed by atoms with Crippen molar-refractivity contribution in [2.24, 2.45) is 5.73 Å². The molecule has 1 aromatic heterocycles. The molecule has 0 spiro atoms. The first-order valence-electron chi connectivity index (χ1n) is 6.84. The number of esters is 1. The van der Waals surface area contributed by atoms with Crippen molar-refractivity contribution in [3.05, 3.63) is 40.3 Å². The lowest BCUT2D eigenvalue weighted by atomic mass is 10.1. The molecule has 2 N–H and O–H groups in total. The van der Waals surface area contributed by atoms with Crippen molar-refractivity contribution in [1.82, 2.24) is 9.78 Å². The smallest absolute Gasteiger partial charge is 0.360 e. The molecule has 0 bridgehead atoms. The Labute approximate surface area is 126 Å². The normalized spacial score (nSPS) is 12.4. The van der Waals surface area contributed by atoms with Gasteiger partial charge in [0.1, 0.15) is 0 Å². The predicted octanol–water partition coefficient (Wildman–Crippen LogP) is 1.01. The maximum Gasteiger partial charge on any atom is 0.360 e. The number of rotatable bonds is 4. The van der Waals surface area contributed by atoms with Gasteiger partial charge in [-0.1, -0.05) is 18.2 Å². The third-order valence-electron chi connectivity index (χ3n) is 3.20. The number of benzene rings is 1. The van der Waals surface area contributed by atoms with Crippen LogP contribution in [0.5, 0.6) is 0 Å². The Morgan fingerprint density at radius 1 is 1.18 bits per heavy atom. The van der Waals surface area contributed by atoms with E-state index in [9.17, 15) is 14.4 Å². The monoisotopic (exact) mass is 303 g/mol. The first kappa shape index (κ1) is 15.7. The summed E-state index contributed by atoms with van der Waals surface area (Å²) in [6.45, 7) is 4.94. The fraction of sp³-hybridized carbons (Fsp3) is 0.333. The van der Waals surface area contributed by atoms with Crippen LogP contribution >= 0.6 is 0 Å². The van der Waals surface area contributed by atoms with Crippen LogP contribution in [0.4, 0.5) is 0 Å². The predicted molar refractivity (Wildman–Crippen MR) is 80.5 cm³/mol. The highest BCUT2D eigenvalue weighted by atomic mass is 16.5. The minimum Gasteiger partial charge on any atom is -0.448 e. The first-order valence-corrected chi connectivity index (χ1v) is 6.84. The Hall–Kier alpha value is -2.70. The average molecular weight is 303 g/mol. The van der Waals surface area contributed by atoms with Gasteiger partial charge in [0.15, 0.2) is 11.8 Å². The fourth-order valence-electron chi connectivity index (χ4n) is 1.98. The van der Waals surface area contributed by atoms with Gasteiger partial charge in [0.2, 0.25) is 0 Å². The molecule has 0 unspecified atom stereocenters. The highest BCUT2D eigenvalue weighted by molar-refractivity contribution is 6.02. The van der Waals surface area contributed by atoms with Gasteiger partial charge in [-0.05, 0) is 26.8 Å². The van der Waals surface area contributed by atoms with Gasteiger partial charge < -0.3 is 10.5 Å². The van der Waals surface area contributed by atoms with Crippen molar-refractivity contribution in [2.45, 2.75) is 32.9 Å². The molecule has 22 heavy (non-hydrogen) atoms. The third kappa shape index (κ3) is 2.83. The number of aromatic nitrogens is 2. The number of ether oxygens (including phenoxy) is 1. The van der Waals surface area contributed by atoms with Gasteiger partial charge in [-0.2, -0.15) is 5.10 Å². The van der Waals surface area contributed by atoms with Gasteiger partial charge in [0.05, 0.1) is 11.4 Å². The number of hydrogen-bond acceptors (Lipinski definition) is 5. The van der Waals surface area contributed by atoms with Crippen LogP contribution in [0.15, 0.2) is 29.1 Å². The molecule has 1 heterocycles. The van der Waals surface area contributed by atoms with E-state index in [1.807, 2.05) is 0 Å². The molecule has 7 heteroatoms. The number of nitrogens with zero attached hydrogens (tertiary/aromatic N) is 2. The Balaban J connectivity index is 2.62. The second kappa shape index (κ2) is 5.97. The zero-order valence-electron chi connectivity index (χ0n) is 12.6. The summed E-state index contributed by atoms with van der Waals surface area (Å²) in [5.74, 6) is -1.55. The van der Waals surface area contributed by atoms with E-state index >= 15 is 0 Å². The molecule has 116 valence electrons. The Morgan fingerprint density at radius 3 is 2.32 bits per heavy atom. The van der Waals surface area contributed by atoms with Crippen LogP contribution in [0.2, 0.25) is 0 Å². The van der Waals surface area contributed by atoms with Gasteiger partial charge in [-0.3, -0.25) is 9.59 Å². The molecule has 1 amide bonds. The maximum absolute atomic E-state index is 12.3. The molecule has 0 aliphatic carbocycles. The van der Waals surface area contributed by atoms with E-state index in [-0.39, 0.29) is 17.3 Å². The Morgan fingerprint density at radius 2 is 1.77 bits per heavy atom. The SMILES string of the molecule is CC(C)n1nc(C(=O)O[C@@H](C)C(N)=O)c2ccccc2c1=O. The molecule has 0 saturated carbocycles. The summed E-state index contributed by atoms with van der Waals surface area (Å²) in [4.78, 5) is 35.6. The average Bonchev–Trinajstić information content (AvgIpc) is 2.47. The summed E-state index contributed by atoms with van der Waals surface area (Å²) in [6.07, 6.45) is -1.08. The summed E-state index contributed by atoms with van der Waals surface area (Å²) in [5, 5.41) is 4.84. The summed E-state index contributed by atoms with van der Waals surface area (Å²) in [7, 11) is 0. The summed E-state index contributed by atoms with van der Waals surface area (Å²) < 4.78 is 6.21. The number of carbonyl (C=O) groups excluding carboxylic acids is 2. The maximum atomic E-state index is 12.3. The highest BCUT2D eigenvalue weighted by Crippen LogP contribution is 2.16. The zero-order valence-corrected chi connectivity index (χ0v) is 12.6. The van der Waals surface area contributed by atoms with E-state index in [1.165, 1.54) is 11.6 Å². The molecule has 2 aromatic rings. The van der Waals surface area contributed by atoms with Crippen molar-refractivity contribution in [3.63, 3.8) is 0 Å². The molecule has 0 saturated heterocycles. The molecule has 0 aliphatic rings. The topological polar surface area (TPSA) is 104 Å². The lowest BCUT2D eigenvalue weighted by molar-refractivity contribution is -0.125. The van der Waals surface area contributed by atoms with Gasteiger partial charge in [0.25, 0.3) is 11.5 Å². The number of carbonyl (C=O) groups is 2. The standard InChI is InChI=1S/C15H17N3O4/c1-8(2)18-14(20)11-7-5-4-6-10(11)12(17-18)15(21)22-9(3)13(16)19/h4-9H,1-3H3,(H2,16,19)/t9-/m0/s1. The zero-order chi connectivity index (χ0) is 16.4. The van der Waals surface area contributed by atoms with Crippen molar-refractivity contribution >= 4 is 22.6 Å². The molecule has 0 fully saturated rings. The largest absolute Gasteiger partial charge is 0.448 e. The number of hydrogen-bond donors (Lipinski definition) is 1. The number of fused-ring (bicyclic) bond motifs is 1. The van der Waals surface area contributed by atoms with Crippen LogP contribution in [0, 0.1) is 0 Å². The van der Waals surface area contributed by atoms with Crippen molar-refractivity contribution in [2.75, 3.05) is 0 Å². The fourth-order valence-corrected chi connectivity index (χ4v) is 1.98. The Kier molecular flexibility index (Phi) is 4.25. The van der Waals surface area contributed by atoms with Crippen molar-refractivity contribution < 1.29 is 14.3 Å². The van der Waals surface area contributed by atoms with E-state index < -0.39 is 18.0 Å². The van der Waals surface area contributed by atoms with E-state index in [0.717, 1.165) is 0 Å². The molecule has 2 rings (SSSR count). The van der Waals surface area contributed by atoms with Crippen molar-refractivity contribution in [3.8, 4) is 0 Å². The van der Waals surface area contributed by atoms with Crippen LogP contribution in [0.25, 0.3) is 10.8 Å². The van der Waals surface area contributed by atoms with E-state index in [0.29, 0.717) is 10.8 Å². The molecular weight excluding hydrogens is 286 g/mol.